The van der Waals surface area contributed by atoms with Gasteiger partial charge in [0.1, 0.15) is 10.6 Å². The first kappa shape index (κ1) is 23.0. The largest absolute Gasteiger partial charge is 0.495 e. The van der Waals surface area contributed by atoms with Crippen LogP contribution in [0, 0.1) is 0 Å². The lowest BCUT2D eigenvalue weighted by molar-refractivity contribution is -0.121. The number of hydrogen-bond acceptors (Lipinski definition) is 5. The summed E-state index contributed by atoms with van der Waals surface area (Å²) in [6.07, 6.45) is 2.60. The van der Waals surface area contributed by atoms with Crippen molar-refractivity contribution >= 4 is 39.9 Å². The van der Waals surface area contributed by atoms with Crippen molar-refractivity contribution in [1.29, 1.82) is 0 Å². The molecular formula is C16H25Cl2N3O4S. The Morgan fingerprint density at radius 1 is 1.42 bits per heavy atom. The highest BCUT2D eigenvalue weighted by atomic mass is 35.5. The molecule has 1 unspecified atom stereocenters. The highest BCUT2D eigenvalue weighted by molar-refractivity contribution is 7.89. The first-order valence-corrected chi connectivity index (χ1v) is 10.0. The quantitative estimate of drug-likeness (QED) is 0.692. The molecule has 0 aromatic heterocycles. The number of sulfonamides is 1. The van der Waals surface area contributed by atoms with Crippen LogP contribution in [0.5, 0.6) is 5.75 Å². The maximum atomic E-state index is 13.2. The zero-order chi connectivity index (χ0) is 18.4. The molecule has 1 heterocycles. The van der Waals surface area contributed by atoms with Crippen molar-refractivity contribution in [3.8, 4) is 5.75 Å². The number of nitrogens with one attached hydrogen (secondary N) is 1. The normalized spacial score (nSPS) is 18.0. The average Bonchev–Trinajstić information content (AvgIpc) is 2.60. The second kappa shape index (κ2) is 10.3. The number of rotatable bonds is 7. The number of piperidine rings is 1. The standard InChI is InChI=1S/C16H24ClN3O4S.ClH/c1-24-14-6-5-12(17)10-15(14)25(22,23)20-9-3-2-4-13(20)11-19-16(21)7-8-18;/h5-6,10,13H,2-4,7-9,11,18H2,1H3,(H,19,21);1H. The van der Waals surface area contributed by atoms with E-state index in [9.17, 15) is 13.2 Å². The van der Waals surface area contributed by atoms with Crippen molar-refractivity contribution in [3.05, 3.63) is 23.2 Å². The number of benzene rings is 1. The minimum atomic E-state index is -3.79. The van der Waals surface area contributed by atoms with Crippen LogP contribution in [0.1, 0.15) is 25.7 Å². The van der Waals surface area contributed by atoms with Gasteiger partial charge in [0, 0.05) is 37.1 Å². The van der Waals surface area contributed by atoms with E-state index in [1.165, 1.54) is 23.5 Å². The Morgan fingerprint density at radius 3 is 2.81 bits per heavy atom. The van der Waals surface area contributed by atoms with Gasteiger partial charge >= 0.3 is 0 Å². The molecule has 0 aliphatic carbocycles. The molecule has 1 amide bonds. The molecule has 0 radical (unpaired) electrons. The van der Waals surface area contributed by atoms with Crippen LogP contribution < -0.4 is 15.8 Å². The molecule has 148 valence electrons. The minimum Gasteiger partial charge on any atom is -0.495 e. The van der Waals surface area contributed by atoms with E-state index in [1.54, 1.807) is 6.07 Å². The second-order valence-electron chi connectivity index (χ2n) is 5.90. The van der Waals surface area contributed by atoms with Crippen molar-refractivity contribution in [2.45, 2.75) is 36.6 Å². The fourth-order valence-corrected chi connectivity index (χ4v) is 5.04. The van der Waals surface area contributed by atoms with Crippen LogP contribution in [0.15, 0.2) is 23.1 Å². The summed E-state index contributed by atoms with van der Waals surface area (Å²) in [4.78, 5) is 11.7. The average molecular weight is 426 g/mol. The van der Waals surface area contributed by atoms with Crippen molar-refractivity contribution in [2.24, 2.45) is 5.73 Å². The molecule has 1 aromatic rings. The summed E-state index contributed by atoms with van der Waals surface area (Å²) in [5.74, 6) is 0.0756. The molecule has 1 saturated heterocycles. The van der Waals surface area contributed by atoms with Crippen LogP contribution in [0.2, 0.25) is 5.02 Å². The van der Waals surface area contributed by atoms with Crippen molar-refractivity contribution in [3.63, 3.8) is 0 Å². The van der Waals surface area contributed by atoms with E-state index in [1.807, 2.05) is 0 Å². The first-order chi connectivity index (χ1) is 11.9. The van der Waals surface area contributed by atoms with Gasteiger partial charge in [-0.3, -0.25) is 4.79 Å². The van der Waals surface area contributed by atoms with E-state index in [0.717, 1.165) is 12.8 Å². The maximum Gasteiger partial charge on any atom is 0.247 e. The van der Waals surface area contributed by atoms with Crippen LogP contribution in [-0.2, 0) is 14.8 Å². The Morgan fingerprint density at radius 2 is 2.15 bits per heavy atom. The summed E-state index contributed by atoms with van der Waals surface area (Å²) < 4.78 is 32.9. The maximum absolute atomic E-state index is 13.2. The van der Waals surface area contributed by atoms with Gasteiger partial charge in [0.25, 0.3) is 0 Å². The van der Waals surface area contributed by atoms with E-state index in [2.05, 4.69) is 5.32 Å². The van der Waals surface area contributed by atoms with Crippen LogP contribution in [0.3, 0.4) is 0 Å². The molecule has 0 spiro atoms. The van der Waals surface area contributed by atoms with Gasteiger partial charge < -0.3 is 15.8 Å². The third-order valence-electron chi connectivity index (χ3n) is 4.19. The zero-order valence-electron chi connectivity index (χ0n) is 14.6. The molecule has 1 aliphatic rings. The smallest absolute Gasteiger partial charge is 0.247 e. The van der Waals surface area contributed by atoms with Crippen molar-refractivity contribution < 1.29 is 17.9 Å². The number of carbonyl (C=O) groups excluding carboxylic acids is 1. The molecular weight excluding hydrogens is 401 g/mol. The molecule has 3 N–H and O–H groups in total. The lowest BCUT2D eigenvalue weighted by Gasteiger charge is -2.35. The molecule has 10 heteroatoms. The molecule has 1 atom stereocenters. The highest BCUT2D eigenvalue weighted by Gasteiger charge is 2.35. The van der Waals surface area contributed by atoms with Gasteiger partial charge in [-0.1, -0.05) is 18.0 Å². The fraction of sp³-hybridized carbons (Fsp3) is 0.562. The highest BCUT2D eigenvalue weighted by Crippen LogP contribution is 2.32. The fourth-order valence-electron chi connectivity index (χ4n) is 2.92. The van der Waals surface area contributed by atoms with Gasteiger partial charge in [-0.2, -0.15) is 4.31 Å². The Balaban J connectivity index is 0.00000338. The van der Waals surface area contributed by atoms with Gasteiger partial charge in [0.05, 0.1) is 7.11 Å². The molecule has 1 fully saturated rings. The predicted octanol–water partition coefficient (Wildman–Crippen LogP) is 1.78. The minimum absolute atomic E-state index is 0. The number of hydrogen-bond donors (Lipinski definition) is 2. The Kier molecular flexibility index (Phi) is 9.12. The third kappa shape index (κ3) is 5.47. The van der Waals surface area contributed by atoms with Gasteiger partial charge in [0.2, 0.25) is 15.9 Å². The van der Waals surface area contributed by atoms with Gasteiger partial charge in [-0.05, 0) is 31.0 Å². The Labute approximate surface area is 165 Å². The van der Waals surface area contributed by atoms with Crippen molar-refractivity contribution in [2.75, 3.05) is 26.7 Å². The van der Waals surface area contributed by atoms with Gasteiger partial charge in [-0.15, -0.1) is 12.4 Å². The molecule has 2 rings (SSSR count). The Bertz CT molecular complexity index is 715. The van der Waals surface area contributed by atoms with E-state index in [4.69, 9.17) is 22.1 Å². The molecule has 26 heavy (non-hydrogen) atoms. The van der Waals surface area contributed by atoms with Crippen LogP contribution in [0.4, 0.5) is 0 Å². The van der Waals surface area contributed by atoms with E-state index in [-0.39, 0.29) is 54.5 Å². The van der Waals surface area contributed by atoms with Crippen molar-refractivity contribution in [1.82, 2.24) is 9.62 Å². The van der Waals surface area contributed by atoms with E-state index < -0.39 is 10.0 Å². The number of methoxy groups -OCH3 is 1. The molecule has 7 nitrogen and oxygen atoms in total. The number of halogens is 2. The Hall–Kier alpha value is -1.06. The van der Waals surface area contributed by atoms with E-state index in [0.29, 0.717) is 18.0 Å². The summed E-state index contributed by atoms with van der Waals surface area (Å²) in [6.45, 7) is 0.925. The third-order valence-corrected chi connectivity index (χ3v) is 6.40. The number of amides is 1. The molecule has 0 saturated carbocycles. The summed E-state index contributed by atoms with van der Waals surface area (Å²) in [5.41, 5.74) is 5.36. The van der Waals surface area contributed by atoms with E-state index >= 15 is 0 Å². The predicted molar refractivity (Wildman–Crippen MR) is 103 cm³/mol. The molecule has 1 aromatic carbocycles. The number of ether oxygens (including phenoxy) is 1. The SMILES string of the molecule is COc1ccc(Cl)cc1S(=O)(=O)N1CCCCC1CNC(=O)CCN.Cl. The summed E-state index contributed by atoms with van der Waals surface area (Å²) in [7, 11) is -2.37. The summed E-state index contributed by atoms with van der Waals surface area (Å²) >= 11 is 5.99. The lowest BCUT2D eigenvalue weighted by atomic mass is 10.1. The molecule has 1 aliphatic heterocycles. The second-order valence-corrected chi connectivity index (χ2v) is 8.20. The zero-order valence-corrected chi connectivity index (χ0v) is 17.0. The monoisotopic (exact) mass is 425 g/mol. The van der Waals surface area contributed by atoms with Crippen LogP contribution in [0.25, 0.3) is 0 Å². The lowest BCUT2D eigenvalue weighted by Crippen LogP contribution is -2.49. The summed E-state index contributed by atoms with van der Waals surface area (Å²) in [6, 6.07) is 4.22. The van der Waals surface area contributed by atoms with Crippen LogP contribution in [-0.4, -0.2) is 51.4 Å². The summed E-state index contributed by atoms with van der Waals surface area (Å²) in [5, 5.41) is 3.09. The topological polar surface area (TPSA) is 102 Å². The number of nitrogens with two attached hydrogens (primary N) is 1. The van der Waals surface area contributed by atoms with Gasteiger partial charge in [-0.25, -0.2) is 8.42 Å². The van der Waals surface area contributed by atoms with Crippen LogP contribution >= 0.6 is 24.0 Å². The first-order valence-electron chi connectivity index (χ1n) is 8.22. The molecule has 0 bridgehead atoms. The number of carbonyl (C=O) groups is 1. The van der Waals surface area contributed by atoms with Gasteiger partial charge in [0.15, 0.2) is 0 Å². The number of nitrogens with zero attached hydrogens (tertiary/aromatic N) is 1.